The molecule has 1 saturated heterocycles. The van der Waals surface area contributed by atoms with E-state index in [9.17, 15) is 24.1 Å². The standard InChI is InChI=1S/C11H9FN2O4/c12-7-3-4-9(14(17)18)8(6-7)11(16)13-5-1-2-10(13)15/h3-4,6H,1-2,5H2. The molecule has 0 radical (unpaired) electrons. The Morgan fingerprint density at radius 1 is 1.44 bits per heavy atom. The van der Waals surface area contributed by atoms with Crippen LogP contribution in [-0.4, -0.2) is 28.2 Å². The molecule has 0 saturated carbocycles. The fourth-order valence-corrected chi connectivity index (χ4v) is 1.85. The second kappa shape index (κ2) is 4.52. The molecule has 7 heteroatoms. The van der Waals surface area contributed by atoms with E-state index in [1.54, 1.807) is 0 Å². The summed E-state index contributed by atoms with van der Waals surface area (Å²) in [5.74, 6) is -1.96. The van der Waals surface area contributed by atoms with Crippen LogP contribution in [0.5, 0.6) is 0 Å². The number of carbonyl (C=O) groups excluding carboxylic acids is 2. The first-order valence-electron chi connectivity index (χ1n) is 5.29. The van der Waals surface area contributed by atoms with Gasteiger partial charge in [0.2, 0.25) is 5.91 Å². The van der Waals surface area contributed by atoms with Crippen LogP contribution < -0.4 is 0 Å². The van der Waals surface area contributed by atoms with Gasteiger partial charge in [-0.25, -0.2) is 4.39 Å². The number of nitro groups is 1. The van der Waals surface area contributed by atoms with Gasteiger partial charge in [0.15, 0.2) is 0 Å². The lowest BCUT2D eigenvalue weighted by Gasteiger charge is -2.13. The summed E-state index contributed by atoms with van der Waals surface area (Å²) in [6.07, 6.45) is 0.753. The molecule has 2 rings (SSSR count). The first-order chi connectivity index (χ1) is 8.50. The molecule has 0 aliphatic carbocycles. The van der Waals surface area contributed by atoms with Crippen LogP contribution in [0.3, 0.4) is 0 Å². The third-order valence-electron chi connectivity index (χ3n) is 2.70. The number of carbonyl (C=O) groups is 2. The topological polar surface area (TPSA) is 80.5 Å². The number of halogens is 1. The lowest BCUT2D eigenvalue weighted by Crippen LogP contribution is -2.32. The van der Waals surface area contributed by atoms with E-state index in [1.165, 1.54) is 0 Å². The zero-order valence-corrected chi connectivity index (χ0v) is 9.26. The van der Waals surface area contributed by atoms with Crippen molar-refractivity contribution in [3.05, 3.63) is 39.7 Å². The first-order valence-corrected chi connectivity index (χ1v) is 5.29. The molecular formula is C11H9FN2O4. The Kier molecular flexibility index (Phi) is 3.05. The summed E-state index contributed by atoms with van der Waals surface area (Å²) < 4.78 is 13.1. The highest BCUT2D eigenvalue weighted by Crippen LogP contribution is 2.23. The van der Waals surface area contributed by atoms with Gasteiger partial charge in [-0.2, -0.15) is 0 Å². The Hall–Kier alpha value is -2.31. The van der Waals surface area contributed by atoms with Crippen LogP contribution >= 0.6 is 0 Å². The lowest BCUT2D eigenvalue weighted by molar-refractivity contribution is -0.385. The zero-order chi connectivity index (χ0) is 13.3. The van der Waals surface area contributed by atoms with E-state index in [0.29, 0.717) is 6.42 Å². The van der Waals surface area contributed by atoms with Crippen LogP contribution in [-0.2, 0) is 4.79 Å². The molecule has 0 N–H and O–H groups in total. The van der Waals surface area contributed by atoms with Gasteiger partial charge in [0.05, 0.1) is 4.92 Å². The average Bonchev–Trinajstić information content (AvgIpc) is 2.74. The summed E-state index contributed by atoms with van der Waals surface area (Å²) in [5.41, 5.74) is -0.892. The van der Waals surface area contributed by atoms with E-state index in [2.05, 4.69) is 0 Å². The van der Waals surface area contributed by atoms with Gasteiger partial charge in [-0.15, -0.1) is 0 Å². The zero-order valence-electron chi connectivity index (χ0n) is 9.26. The smallest absolute Gasteiger partial charge is 0.278 e. The lowest BCUT2D eigenvalue weighted by atomic mass is 10.1. The maximum atomic E-state index is 13.1. The van der Waals surface area contributed by atoms with Crippen LogP contribution in [0.4, 0.5) is 10.1 Å². The second-order valence-corrected chi connectivity index (χ2v) is 3.87. The maximum absolute atomic E-state index is 13.1. The van der Waals surface area contributed by atoms with Crippen LogP contribution in [0.1, 0.15) is 23.2 Å². The Balaban J connectivity index is 2.43. The Labute approximate surface area is 101 Å². The number of benzene rings is 1. The number of hydrogen-bond donors (Lipinski definition) is 0. The van der Waals surface area contributed by atoms with Gasteiger partial charge >= 0.3 is 0 Å². The Bertz CT molecular complexity index is 544. The first kappa shape index (κ1) is 12.2. The number of likely N-dealkylation sites (tertiary alicyclic amines) is 1. The molecule has 0 spiro atoms. The largest absolute Gasteiger partial charge is 0.282 e. The molecule has 0 aromatic heterocycles. The van der Waals surface area contributed by atoms with Crippen LogP contribution in [0.25, 0.3) is 0 Å². The monoisotopic (exact) mass is 252 g/mol. The molecule has 1 aromatic rings. The summed E-state index contributed by atoms with van der Waals surface area (Å²) in [5, 5.41) is 10.8. The van der Waals surface area contributed by atoms with Crippen molar-refractivity contribution in [2.75, 3.05) is 6.54 Å². The van der Waals surface area contributed by atoms with E-state index in [0.717, 1.165) is 23.1 Å². The van der Waals surface area contributed by atoms with Crippen molar-refractivity contribution in [1.82, 2.24) is 4.90 Å². The molecule has 1 aliphatic heterocycles. The summed E-state index contributed by atoms with van der Waals surface area (Å²) in [4.78, 5) is 34.3. The SMILES string of the molecule is O=C1CCCN1C(=O)c1cc(F)ccc1[N+](=O)[O-]. The van der Waals surface area contributed by atoms with Gasteiger partial charge in [0.1, 0.15) is 11.4 Å². The summed E-state index contributed by atoms with van der Waals surface area (Å²) in [6.45, 7) is 0.214. The molecule has 0 bridgehead atoms. The highest BCUT2D eigenvalue weighted by molar-refractivity contribution is 6.07. The number of rotatable bonds is 2. The van der Waals surface area contributed by atoms with Gasteiger partial charge < -0.3 is 0 Å². The summed E-state index contributed by atoms with van der Waals surface area (Å²) in [6, 6.07) is 2.61. The minimum atomic E-state index is -0.816. The van der Waals surface area contributed by atoms with Crippen LogP contribution in [0, 0.1) is 15.9 Å². The minimum Gasteiger partial charge on any atom is -0.278 e. The number of hydrogen-bond acceptors (Lipinski definition) is 4. The number of nitro benzene ring substituents is 1. The van der Waals surface area contributed by atoms with Crippen molar-refractivity contribution in [1.29, 1.82) is 0 Å². The molecule has 1 aliphatic rings. The van der Waals surface area contributed by atoms with Crippen molar-refractivity contribution in [3.63, 3.8) is 0 Å². The van der Waals surface area contributed by atoms with E-state index in [-0.39, 0.29) is 13.0 Å². The highest BCUT2D eigenvalue weighted by Gasteiger charge is 2.31. The Morgan fingerprint density at radius 3 is 2.72 bits per heavy atom. The molecule has 2 amide bonds. The number of amides is 2. The molecule has 1 heterocycles. The fraction of sp³-hybridized carbons (Fsp3) is 0.273. The van der Waals surface area contributed by atoms with Crippen LogP contribution in [0.15, 0.2) is 18.2 Å². The predicted octanol–water partition coefficient (Wildman–Crippen LogP) is 1.50. The molecule has 0 atom stereocenters. The molecule has 18 heavy (non-hydrogen) atoms. The minimum absolute atomic E-state index is 0.214. The van der Waals surface area contributed by atoms with E-state index in [4.69, 9.17) is 0 Å². The molecule has 6 nitrogen and oxygen atoms in total. The summed E-state index contributed by atoms with van der Waals surface area (Å²) in [7, 11) is 0. The second-order valence-electron chi connectivity index (χ2n) is 3.87. The number of imide groups is 1. The molecule has 1 aromatic carbocycles. The molecular weight excluding hydrogens is 243 g/mol. The third kappa shape index (κ3) is 2.06. The summed E-state index contributed by atoms with van der Waals surface area (Å²) >= 11 is 0. The molecule has 1 fully saturated rings. The Morgan fingerprint density at radius 2 is 2.17 bits per heavy atom. The molecule has 0 unspecified atom stereocenters. The van der Waals surface area contributed by atoms with Gasteiger partial charge in [-0.3, -0.25) is 24.6 Å². The van der Waals surface area contributed by atoms with Crippen molar-refractivity contribution < 1.29 is 18.9 Å². The normalized spacial score (nSPS) is 14.9. The molecule has 94 valence electrons. The van der Waals surface area contributed by atoms with Crippen LogP contribution in [0.2, 0.25) is 0 Å². The van der Waals surface area contributed by atoms with Gasteiger partial charge in [-0.05, 0) is 18.6 Å². The van der Waals surface area contributed by atoms with Crippen molar-refractivity contribution in [2.24, 2.45) is 0 Å². The van der Waals surface area contributed by atoms with Gasteiger partial charge in [-0.1, -0.05) is 0 Å². The quantitative estimate of drug-likeness (QED) is 0.453. The van der Waals surface area contributed by atoms with Gasteiger partial charge in [0, 0.05) is 19.0 Å². The van der Waals surface area contributed by atoms with Gasteiger partial charge in [0.25, 0.3) is 11.6 Å². The number of nitrogens with zero attached hydrogens (tertiary/aromatic N) is 2. The predicted molar refractivity (Wildman–Crippen MR) is 58.3 cm³/mol. The van der Waals surface area contributed by atoms with E-state index >= 15 is 0 Å². The van der Waals surface area contributed by atoms with E-state index in [1.807, 2.05) is 0 Å². The van der Waals surface area contributed by atoms with Crippen molar-refractivity contribution >= 4 is 17.5 Å². The average molecular weight is 252 g/mol. The highest BCUT2D eigenvalue weighted by atomic mass is 19.1. The van der Waals surface area contributed by atoms with E-state index < -0.39 is 33.8 Å². The fourth-order valence-electron chi connectivity index (χ4n) is 1.85. The van der Waals surface area contributed by atoms with Crippen molar-refractivity contribution in [3.8, 4) is 0 Å². The third-order valence-corrected chi connectivity index (χ3v) is 2.70. The maximum Gasteiger partial charge on any atom is 0.282 e. The van der Waals surface area contributed by atoms with Crippen molar-refractivity contribution in [2.45, 2.75) is 12.8 Å².